The Morgan fingerprint density at radius 2 is 1.82 bits per heavy atom. The third-order valence-electron chi connectivity index (χ3n) is 5.92. The van der Waals surface area contributed by atoms with Gasteiger partial charge in [0.25, 0.3) is 0 Å². The van der Waals surface area contributed by atoms with Crippen LogP contribution < -0.4 is 10.6 Å². The molecule has 0 aromatic heterocycles. The van der Waals surface area contributed by atoms with Crippen molar-refractivity contribution in [3.8, 4) is 0 Å². The fourth-order valence-corrected chi connectivity index (χ4v) is 4.11. The molecule has 0 radical (unpaired) electrons. The first-order valence-corrected chi connectivity index (χ1v) is 11.7. The van der Waals surface area contributed by atoms with E-state index in [0.717, 1.165) is 0 Å². The van der Waals surface area contributed by atoms with Gasteiger partial charge in [-0.25, -0.2) is 9.59 Å². The number of nitrogens with one attached hydrogen (secondary N) is 2. The summed E-state index contributed by atoms with van der Waals surface area (Å²) < 4.78 is 10.4. The molecule has 3 N–H and O–H groups in total. The number of alkyl carbamates (subject to hydrolysis) is 1. The van der Waals surface area contributed by atoms with Crippen molar-refractivity contribution < 1.29 is 33.8 Å². The molecule has 192 valence electrons. The highest BCUT2D eigenvalue weighted by Crippen LogP contribution is 2.45. The topological polar surface area (TPSA) is 134 Å². The Bertz CT molecular complexity index is 829. The maximum atomic E-state index is 13.5. The van der Waals surface area contributed by atoms with Gasteiger partial charge in [0.15, 0.2) is 0 Å². The number of nitrogens with zero attached hydrogens (tertiary/aromatic N) is 1. The molecule has 1 heterocycles. The Labute approximate surface area is 201 Å². The van der Waals surface area contributed by atoms with Crippen molar-refractivity contribution in [3.63, 3.8) is 0 Å². The molecule has 3 amide bonds. The number of ether oxygens (including phenoxy) is 2. The molecule has 1 aliphatic carbocycles. The molecule has 2 fully saturated rings. The van der Waals surface area contributed by atoms with Crippen molar-refractivity contribution in [2.24, 2.45) is 11.3 Å². The largest absolute Gasteiger partial charge is 0.464 e. The molecule has 10 heteroatoms. The smallest absolute Gasteiger partial charge is 0.408 e. The number of aliphatic hydroxyl groups is 1. The second kappa shape index (κ2) is 9.93. The lowest BCUT2D eigenvalue weighted by Crippen LogP contribution is -2.59. The summed E-state index contributed by atoms with van der Waals surface area (Å²) in [6, 6.07) is -2.02. The summed E-state index contributed by atoms with van der Waals surface area (Å²) in [5.41, 5.74) is -2.68. The van der Waals surface area contributed by atoms with E-state index in [2.05, 4.69) is 17.2 Å². The van der Waals surface area contributed by atoms with Crippen molar-refractivity contribution in [3.05, 3.63) is 12.7 Å². The zero-order valence-corrected chi connectivity index (χ0v) is 21.3. The highest BCUT2D eigenvalue weighted by atomic mass is 16.6. The second-order valence-electron chi connectivity index (χ2n) is 11.1. The Hall–Kier alpha value is -2.62. The molecule has 0 aromatic rings. The summed E-state index contributed by atoms with van der Waals surface area (Å²) in [4.78, 5) is 53.0. The molecular weight excluding hydrogens is 442 g/mol. The van der Waals surface area contributed by atoms with E-state index in [1.807, 2.05) is 0 Å². The maximum absolute atomic E-state index is 13.5. The van der Waals surface area contributed by atoms with Crippen molar-refractivity contribution in [1.82, 2.24) is 15.5 Å². The van der Waals surface area contributed by atoms with Crippen molar-refractivity contribution in [1.29, 1.82) is 0 Å². The van der Waals surface area contributed by atoms with Gasteiger partial charge in [0.1, 0.15) is 23.2 Å². The number of aliphatic hydroxyl groups excluding tert-OH is 1. The average molecular weight is 482 g/mol. The molecule has 5 atom stereocenters. The first kappa shape index (κ1) is 27.6. The van der Waals surface area contributed by atoms with Crippen LogP contribution in [-0.4, -0.2) is 76.4 Å². The molecule has 2 rings (SSSR count). The van der Waals surface area contributed by atoms with Gasteiger partial charge < -0.3 is 30.1 Å². The van der Waals surface area contributed by atoms with Gasteiger partial charge in [-0.2, -0.15) is 0 Å². The summed E-state index contributed by atoms with van der Waals surface area (Å²) in [7, 11) is 0. The molecule has 0 aromatic carbocycles. The number of amides is 3. The number of carbonyl (C=O) groups excluding carboxylic acids is 4. The predicted molar refractivity (Wildman–Crippen MR) is 125 cm³/mol. The van der Waals surface area contributed by atoms with Crippen molar-refractivity contribution in [2.75, 3.05) is 13.2 Å². The Kier molecular flexibility index (Phi) is 8.07. The van der Waals surface area contributed by atoms with Crippen LogP contribution in [0.2, 0.25) is 0 Å². The number of rotatable bonds is 7. The summed E-state index contributed by atoms with van der Waals surface area (Å²) in [5.74, 6) is -1.91. The monoisotopic (exact) mass is 481 g/mol. The Morgan fingerprint density at radius 1 is 1.21 bits per heavy atom. The Morgan fingerprint density at radius 3 is 2.29 bits per heavy atom. The van der Waals surface area contributed by atoms with Crippen LogP contribution in [0.3, 0.4) is 0 Å². The average Bonchev–Trinajstić information content (AvgIpc) is 3.26. The van der Waals surface area contributed by atoms with Gasteiger partial charge >= 0.3 is 12.1 Å². The van der Waals surface area contributed by atoms with Crippen LogP contribution in [-0.2, 0) is 23.9 Å². The van der Waals surface area contributed by atoms with Crippen LogP contribution in [0.15, 0.2) is 12.7 Å². The maximum Gasteiger partial charge on any atom is 0.408 e. The van der Waals surface area contributed by atoms with E-state index in [4.69, 9.17) is 9.47 Å². The van der Waals surface area contributed by atoms with Gasteiger partial charge in [-0.15, -0.1) is 6.58 Å². The number of likely N-dealkylation sites (tertiary alicyclic amines) is 1. The highest BCUT2D eigenvalue weighted by Gasteiger charge is 2.62. The first-order valence-electron chi connectivity index (χ1n) is 11.7. The molecule has 10 nitrogen and oxygen atoms in total. The molecule has 1 aliphatic heterocycles. The van der Waals surface area contributed by atoms with Crippen LogP contribution in [0.5, 0.6) is 0 Å². The van der Waals surface area contributed by atoms with Gasteiger partial charge in [-0.05, 0) is 39.5 Å². The quantitative estimate of drug-likeness (QED) is 0.371. The standard InChI is InChI=1S/C24H39N3O7/c1-9-14-12-24(14,20(31)33-10-2)26-18(29)16-11-15(28)13-27(16)19(30)17(22(3,4)5)25-21(32)34-23(6,7)8/h9,14-17,28H,1,10-13H2,2-8H3,(H,25,32)(H,26,29)/t14?,15-,16-,17-,24+/m0/s1. The van der Waals surface area contributed by atoms with Crippen molar-refractivity contribution >= 4 is 23.9 Å². The molecule has 1 saturated carbocycles. The van der Waals surface area contributed by atoms with Crippen LogP contribution in [0, 0.1) is 11.3 Å². The van der Waals surface area contributed by atoms with Gasteiger partial charge in [-0.3, -0.25) is 9.59 Å². The van der Waals surface area contributed by atoms with E-state index < -0.39 is 58.6 Å². The fourth-order valence-electron chi connectivity index (χ4n) is 4.11. The molecule has 2 aliphatic rings. The predicted octanol–water partition coefficient (Wildman–Crippen LogP) is 1.51. The van der Waals surface area contributed by atoms with E-state index in [1.54, 1.807) is 54.5 Å². The number of hydrogen-bond acceptors (Lipinski definition) is 7. The number of carbonyl (C=O) groups is 4. The first-order chi connectivity index (χ1) is 15.6. The summed E-state index contributed by atoms with van der Waals surface area (Å²) in [6.45, 7) is 16.0. The fraction of sp³-hybridized carbons (Fsp3) is 0.750. The zero-order chi connectivity index (χ0) is 26.1. The van der Waals surface area contributed by atoms with Crippen LogP contribution in [0.4, 0.5) is 4.79 Å². The van der Waals surface area contributed by atoms with Gasteiger partial charge in [0.2, 0.25) is 11.8 Å². The highest BCUT2D eigenvalue weighted by molar-refractivity contribution is 5.96. The second-order valence-corrected chi connectivity index (χ2v) is 11.1. The minimum absolute atomic E-state index is 0.0124. The van der Waals surface area contributed by atoms with E-state index in [-0.39, 0.29) is 25.5 Å². The summed E-state index contributed by atoms with van der Waals surface area (Å²) in [6.07, 6.45) is 0.280. The zero-order valence-electron chi connectivity index (χ0n) is 21.3. The lowest BCUT2D eigenvalue weighted by atomic mass is 9.85. The van der Waals surface area contributed by atoms with E-state index >= 15 is 0 Å². The Balaban J connectivity index is 2.24. The minimum Gasteiger partial charge on any atom is -0.464 e. The summed E-state index contributed by atoms with van der Waals surface area (Å²) >= 11 is 0. The van der Waals surface area contributed by atoms with E-state index in [9.17, 15) is 24.3 Å². The number of hydrogen-bond donors (Lipinski definition) is 3. The van der Waals surface area contributed by atoms with Gasteiger partial charge in [0, 0.05) is 18.9 Å². The third-order valence-corrected chi connectivity index (χ3v) is 5.92. The van der Waals surface area contributed by atoms with Crippen LogP contribution >= 0.6 is 0 Å². The lowest BCUT2D eigenvalue weighted by molar-refractivity contribution is -0.150. The van der Waals surface area contributed by atoms with Gasteiger partial charge in [-0.1, -0.05) is 26.8 Å². The lowest BCUT2D eigenvalue weighted by Gasteiger charge is -2.36. The van der Waals surface area contributed by atoms with E-state index in [1.165, 1.54) is 4.90 Å². The molecular formula is C24H39N3O7. The molecule has 34 heavy (non-hydrogen) atoms. The molecule has 1 saturated heterocycles. The van der Waals surface area contributed by atoms with Crippen molar-refractivity contribution in [2.45, 2.75) is 90.6 Å². The normalized spacial score (nSPS) is 27.4. The van der Waals surface area contributed by atoms with Crippen LogP contribution in [0.1, 0.15) is 61.3 Å². The number of β-amino-alcohol motifs (C(OH)–C–C–N with tert-alkyl or cyclic N) is 1. The van der Waals surface area contributed by atoms with Gasteiger partial charge in [0.05, 0.1) is 12.7 Å². The molecule has 0 spiro atoms. The third kappa shape index (κ3) is 6.28. The summed E-state index contributed by atoms with van der Waals surface area (Å²) in [5, 5.41) is 15.7. The minimum atomic E-state index is -1.21. The molecule has 0 bridgehead atoms. The SMILES string of the molecule is C=CC1C[C@]1(NC(=O)[C@@H]1C[C@H](O)CN1C(=O)[C@H](NC(=O)OC(C)(C)C)C(C)(C)C)C(=O)OCC. The van der Waals surface area contributed by atoms with Crippen LogP contribution in [0.25, 0.3) is 0 Å². The van der Waals surface area contributed by atoms with E-state index in [0.29, 0.717) is 6.42 Å². The molecule has 1 unspecified atom stereocenters. The number of esters is 1.